The molecule has 1 amide bonds. The second-order valence-electron chi connectivity index (χ2n) is 4.10. The Morgan fingerprint density at radius 3 is 2.83 bits per heavy atom. The zero-order valence-electron chi connectivity index (χ0n) is 10.9. The Bertz CT molecular complexity index is 437. The maximum absolute atomic E-state index is 11.9. The molecule has 0 aliphatic heterocycles. The number of carbonyl (C=O) groups is 1. The average molecular weight is 269 g/mol. The normalized spacial score (nSPS) is 13.7. The van der Waals surface area contributed by atoms with Gasteiger partial charge in [-0.2, -0.15) is 0 Å². The van der Waals surface area contributed by atoms with E-state index in [1.165, 1.54) is 0 Å². The molecule has 0 fully saturated rings. The Hall–Kier alpha value is -1.43. The van der Waals surface area contributed by atoms with Crippen molar-refractivity contribution in [2.75, 3.05) is 24.4 Å². The van der Waals surface area contributed by atoms with Gasteiger partial charge >= 0.3 is 0 Å². The van der Waals surface area contributed by atoms with Gasteiger partial charge in [0.15, 0.2) is 0 Å². The van der Waals surface area contributed by atoms with Gasteiger partial charge in [0, 0.05) is 35.9 Å². The van der Waals surface area contributed by atoms with Crippen molar-refractivity contribution in [1.82, 2.24) is 10.3 Å². The minimum atomic E-state index is -0.827. The minimum absolute atomic E-state index is 0.0126. The van der Waals surface area contributed by atoms with E-state index in [-0.39, 0.29) is 11.9 Å². The molecule has 0 aromatic carbocycles. The van der Waals surface area contributed by atoms with Crippen LogP contribution in [0.15, 0.2) is 18.2 Å². The fraction of sp³-hybridized carbons (Fsp3) is 0.500. The highest BCUT2D eigenvalue weighted by Gasteiger charge is 2.11. The SMILES string of the molecule is CNc1cccc(C(=O)NC(C)CCS(C)=O)n1. The van der Waals surface area contributed by atoms with E-state index in [2.05, 4.69) is 15.6 Å². The first-order chi connectivity index (χ1) is 8.52. The number of anilines is 1. The second kappa shape index (κ2) is 7.10. The molecule has 6 heteroatoms. The van der Waals surface area contributed by atoms with Crippen molar-refractivity contribution in [2.45, 2.75) is 19.4 Å². The van der Waals surface area contributed by atoms with Gasteiger partial charge in [-0.05, 0) is 25.5 Å². The molecule has 2 N–H and O–H groups in total. The first-order valence-electron chi connectivity index (χ1n) is 5.78. The van der Waals surface area contributed by atoms with Crippen molar-refractivity contribution in [3.63, 3.8) is 0 Å². The van der Waals surface area contributed by atoms with Crippen molar-refractivity contribution in [1.29, 1.82) is 0 Å². The lowest BCUT2D eigenvalue weighted by molar-refractivity contribution is 0.0934. The van der Waals surface area contributed by atoms with Crippen molar-refractivity contribution in [2.24, 2.45) is 0 Å². The summed E-state index contributed by atoms with van der Waals surface area (Å²) in [5.74, 6) is 1.04. The van der Waals surface area contributed by atoms with Crippen LogP contribution in [0.1, 0.15) is 23.8 Å². The van der Waals surface area contributed by atoms with Gasteiger partial charge < -0.3 is 10.6 Å². The summed E-state index contributed by atoms with van der Waals surface area (Å²) in [5, 5.41) is 5.72. The molecule has 2 unspecified atom stereocenters. The maximum Gasteiger partial charge on any atom is 0.270 e. The number of carbonyl (C=O) groups excluding carboxylic acids is 1. The van der Waals surface area contributed by atoms with Crippen LogP contribution in [0.3, 0.4) is 0 Å². The van der Waals surface area contributed by atoms with E-state index in [1.54, 1.807) is 31.5 Å². The Labute approximate surface area is 110 Å². The topological polar surface area (TPSA) is 71.1 Å². The molecule has 1 aromatic rings. The van der Waals surface area contributed by atoms with E-state index in [1.807, 2.05) is 6.92 Å². The highest BCUT2D eigenvalue weighted by atomic mass is 32.2. The highest BCUT2D eigenvalue weighted by Crippen LogP contribution is 2.04. The van der Waals surface area contributed by atoms with Gasteiger partial charge in [0.1, 0.15) is 11.5 Å². The third-order valence-electron chi connectivity index (χ3n) is 2.45. The van der Waals surface area contributed by atoms with E-state index in [9.17, 15) is 9.00 Å². The van der Waals surface area contributed by atoms with Gasteiger partial charge in [-0.25, -0.2) is 4.98 Å². The third kappa shape index (κ3) is 4.83. The van der Waals surface area contributed by atoms with Crippen LogP contribution in [0.2, 0.25) is 0 Å². The van der Waals surface area contributed by atoms with Crippen LogP contribution in [0.4, 0.5) is 5.82 Å². The zero-order valence-corrected chi connectivity index (χ0v) is 11.7. The summed E-state index contributed by atoms with van der Waals surface area (Å²) in [6, 6.07) is 5.22. The third-order valence-corrected chi connectivity index (χ3v) is 3.26. The Morgan fingerprint density at radius 2 is 2.22 bits per heavy atom. The van der Waals surface area contributed by atoms with Gasteiger partial charge in [0.05, 0.1) is 0 Å². The number of hydrogen-bond acceptors (Lipinski definition) is 4. The summed E-state index contributed by atoms with van der Waals surface area (Å²) in [4.78, 5) is 16.0. The van der Waals surface area contributed by atoms with Crippen LogP contribution in [-0.4, -0.2) is 40.2 Å². The van der Waals surface area contributed by atoms with E-state index < -0.39 is 10.8 Å². The van der Waals surface area contributed by atoms with Crippen molar-refractivity contribution in [3.8, 4) is 0 Å². The Morgan fingerprint density at radius 1 is 1.50 bits per heavy atom. The molecule has 0 bridgehead atoms. The van der Waals surface area contributed by atoms with Crippen LogP contribution >= 0.6 is 0 Å². The molecular weight excluding hydrogens is 250 g/mol. The molecule has 0 aliphatic rings. The molecule has 2 atom stereocenters. The summed E-state index contributed by atoms with van der Waals surface area (Å²) in [6.07, 6.45) is 2.35. The molecule has 5 nitrogen and oxygen atoms in total. The maximum atomic E-state index is 11.9. The van der Waals surface area contributed by atoms with Gasteiger partial charge in [-0.3, -0.25) is 9.00 Å². The predicted octanol–water partition coefficient (Wildman–Crippen LogP) is 1.01. The highest BCUT2D eigenvalue weighted by molar-refractivity contribution is 7.84. The monoisotopic (exact) mass is 269 g/mol. The first kappa shape index (κ1) is 14.6. The van der Waals surface area contributed by atoms with Gasteiger partial charge in [0.25, 0.3) is 5.91 Å². The molecule has 1 aromatic heterocycles. The fourth-order valence-electron chi connectivity index (χ4n) is 1.41. The first-order valence-corrected chi connectivity index (χ1v) is 7.51. The smallest absolute Gasteiger partial charge is 0.270 e. The summed E-state index contributed by atoms with van der Waals surface area (Å²) in [7, 11) is 0.926. The molecule has 100 valence electrons. The number of hydrogen-bond donors (Lipinski definition) is 2. The molecule has 0 spiro atoms. The lowest BCUT2D eigenvalue weighted by atomic mass is 10.2. The van der Waals surface area contributed by atoms with E-state index in [0.29, 0.717) is 23.7 Å². The molecule has 0 saturated carbocycles. The van der Waals surface area contributed by atoms with Gasteiger partial charge in [-0.1, -0.05) is 6.07 Å². The fourth-order valence-corrected chi connectivity index (χ4v) is 2.10. The number of rotatable bonds is 6. The number of nitrogens with zero attached hydrogens (tertiary/aromatic N) is 1. The van der Waals surface area contributed by atoms with E-state index in [0.717, 1.165) is 0 Å². The number of nitrogens with one attached hydrogen (secondary N) is 2. The lowest BCUT2D eigenvalue weighted by Crippen LogP contribution is -2.34. The summed E-state index contributed by atoms with van der Waals surface area (Å²) in [6.45, 7) is 1.90. The Balaban J connectivity index is 2.56. The number of aromatic nitrogens is 1. The Kier molecular flexibility index (Phi) is 5.77. The summed E-state index contributed by atoms with van der Waals surface area (Å²) < 4.78 is 11.0. The standard InChI is InChI=1S/C12H19N3O2S/c1-9(7-8-18(3)17)14-12(16)10-5-4-6-11(13-2)15-10/h4-6,9H,7-8H2,1-3H3,(H,13,15)(H,14,16). The molecular formula is C12H19N3O2S. The minimum Gasteiger partial charge on any atom is -0.373 e. The second-order valence-corrected chi connectivity index (χ2v) is 5.65. The predicted molar refractivity (Wildman–Crippen MR) is 74.3 cm³/mol. The molecule has 0 aliphatic carbocycles. The molecule has 18 heavy (non-hydrogen) atoms. The lowest BCUT2D eigenvalue weighted by Gasteiger charge is -2.13. The van der Waals surface area contributed by atoms with E-state index >= 15 is 0 Å². The molecule has 1 heterocycles. The van der Waals surface area contributed by atoms with Crippen LogP contribution in [-0.2, 0) is 10.8 Å². The molecule has 0 saturated heterocycles. The van der Waals surface area contributed by atoms with Crippen LogP contribution in [0.5, 0.6) is 0 Å². The zero-order chi connectivity index (χ0) is 13.5. The van der Waals surface area contributed by atoms with Crippen molar-refractivity contribution >= 4 is 22.5 Å². The van der Waals surface area contributed by atoms with Crippen LogP contribution in [0, 0.1) is 0 Å². The van der Waals surface area contributed by atoms with Crippen LogP contribution < -0.4 is 10.6 Å². The summed E-state index contributed by atoms with van der Waals surface area (Å²) >= 11 is 0. The number of amides is 1. The average Bonchev–Trinajstić information content (AvgIpc) is 2.36. The largest absolute Gasteiger partial charge is 0.373 e. The number of pyridine rings is 1. The molecule has 1 rings (SSSR count). The summed E-state index contributed by atoms with van der Waals surface area (Å²) in [5.41, 5.74) is 0.381. The van der Waals surface area contributed by atoms with Gasteiger partial charge in [-0.15, -0.1) is 0 Å². The van der Waals surface area contributed by atoms with Crippen LogP contribution in [0.25, 0.3) is 0 Å². The van der Waals surface area contributed by atoms with Crippen molar-refractivity contribution < 1.29 is 9.00 Å². The molecule has 0 radical (unpaired) electrons. The quantitative estimate of drug-likeness (QED) is 0.808. The van der Waals surface area contributed by atoms with E-state index in [4.69, 9.17) is 0 Å². The van der Waals surface area contributed by atoms with Crippen molar-refractivity contribution in [3.05, 3.63) is 23.9 Å². The van der Waals surface area contributed by atoms with Gasteiger partial charge in [0.2, 0.25) is 0 Å².